The van der Waals surface area contributed by atoms with Gasteiger partial charge in [-0.15, -0.1) is 0 Å². The van der Waals surface area contributed by atoms with Gasteiger partial charge in [0.2, 0.25) is 0 Å². The van der Waals surface area contributed by atoms with Gasteiger partial charge in [-0.05, 0) is 12.1 Å². The van der Waals surface area contributed by atoms with Gasteiger partial charge in [-0.3, -0.25) is 10.1 Å². The molecule has 17 heavy (non-hydrogen) atoms. The van der Waals surface area contributed by atoms with E-state index in [-0.39, 0.29) is 0 Å². The summed E-state index contributed by atoms with van der Waals surface area (Å²) >= 11 is 0. The summed E-state index contributed by atoms with van der Waals surface area (Å²) in [6.45, 7) is 0. The number of carbonyl (C=O) groups is 3. The summed E-state index contributed by atoms with van der Waals surface area (Å²) in [5, 5.41) is 2.80. The summed E-state index contributed by atoms with van der Waals surface area (Å²) in [4.78, 5) is 34.5. The first kappa shape index (κ1) is 11.5. The van der Waals surface area contributed by atoms with Gasteiger partial charge < -0.3 is 14.5 Å². The molecule has 0 aliphatic carbocycles. The molecule has 0 spiro atoms. The fourth-order valence-electron chi connectivity index (χ4n) is 2.04. The molecule has 0 amide bonds. The first-order valence-corrected chi connectivity index (χ1v) is 5.27. The Hall–Kier alpha value is -2.01. The Balaban J connectivity index is 2.37. The van der Waals surface area contributed by atoms with Crippen molar-refractivity contribution in [1.29, 1.82) is 0 Å². The monoisotopic (exact) mass is 232 g/mol. The first-order valence-electron chi connectivity index (χ1n) is 5.27. The number of nitrogens with one attached hydrogen (secondary N) is 1. The zero-order chi connectivity index (χ0) is 12.3. The second-order valence-corrected chi connectivity index (χ2v) is 3.78. The highest BCUT2D eigenvalue weighted by Crippen LogP contribution is 2.23. The highest BCUT2D eigenvalue weighted by Gasteiger charge is 2.40. The van der Waals surface area contributed by atoms with Gasteiger partial charge in [-0.2, -0.15) is 0 Å². The number of anilines is 1. The molecule has 0 saturated carbocycles. The minimum Gasteiger partial charge on any atom is -0.338 e. The molecule has 1 fully saturated rings. The van der Waals surface area contributed by atoms with Crippen LogP contribution in [-0.2, 0) is 14.4 Å². The number of aldehydes is 3. The summed E-state index contributed by atoms with van der Waals surface area (Å²) in [5.74, 6) is 0. The number of nitrogens with zero attached hydrogens (tertiary/aromatic N) is 1. The van der Waals surface area contributed by atoms with E-state index < -0.39 is 18.2 Å². The number of benzene rings is 1. The van der Waals surface area contributed by atoms with Crippen molar-refractivity contribution in [2.45, 2.75) is 18.2 Å². The van der Waals surface area contributed by atoms with E-state index in [0.717, 1.165) is 5.69 Å². The lowest BCUT2D eigenvalue weighted by atomic mass is 10.1. The predicted molar refractivity (Wildman–Crippen MR) is 61.6 cm³/mol. The van der Waals surface area contributed by atoms with Gasteiger partial charge in [0, 0.05) is 5.69 Å². The van der Waals surface area contributed by atoms with Crippen LogP contribution >= 0.6 is 0 Å². The van der Waals surface area contributed by atoms with E-state index in [4.69, 9.17) is 0 Å². The van der Waals surface area contributed by atoms with Gasteiger partial charge in [0.05, 0.1) is 6.04 Å². The van der Waals surface area contributed by atoms with Crippen molar-refractivity contribution in [1.82, 2.24) is 5.32 Å². The molecule has 5 heteroatoms. The molecule has 1 N–H and O–H groups in total. The molecule has 0 radical (unpaired) electrons. The third-order valence-electron chi connectivity index (χ3n) is 2.82. The van der Waals surface area contributed by atoms with Crippen molar-refractivity contribution >= 4 is 24.5 Å². The molecular weight excluding hydrogens is 220 g/mol. The van der Waals surface area contributed by atoms with E-state index in [1.807, 2.05) is 18.2 Å². The summed E-state index contributed by atoms with van der Waals surface area (Å²) in [7, 11) is 0. The van der Waals surface area contributed by atoms with E-state index in [9.17, 15) is 14.4 Å². The van der Waals surface area contributed by atoms with Crippen molar-refractivity contribution in [2.24, 2.45) is 0 Å². The van der Waals surface area contributed by atoms with Crippen LogP contribution in [0, 0.1) is 0 Å². The lowest BCUT2D eigenvalue weighted by molar-refractivity contribution is -0.114. The van der Waals surface area contributed by atoms with Gasteiger partial charge in [0.1, 0.15) is 24.8 Å². The zero-order valence-corrected chi connectivity index (χ0v) is 9.02. The lowest BCUT2D eigenvalue weighted by Gasteiger charge is -2.25. The predicted octanol–water partition coefficient (Wildman–Crippen LogP) is -0.244. The molecule has 0 bridgehead atoms. The molecule has 1 aromatic rings. The Morgan fingerprint density at radius 1 is 1.00 bits per heavy atom. The Morgan fingerprint density at radius 2 is 1.71 bits per heavy atom. The smallest absolute Gasteiger partial charge is 0.157 e. The second kappa shape index (κ2) is 4.88. The quantitative estimate of drug-likeness (QED) is 0.725. The summed E-state index contributed by atoms with van der Waals surface area (Å²) in [6, 6.07) is 7.76. The average molecular weight is 232 g/mol. The Morgan fingerprint density at radius 3 is 2.24 bits per heavy atom. The Bertz CT molecular complexity index is 421. The molecule has 1 heterocycles. The van der Waals surface area contributed by atoms with Crippen LogP contribution in [0.3, 0.4) is 0 Å². The van der Waals surface area contributed by atoms with Crippen molar-refractivity contribution in [2.75, 3.05) is 4.90 Å². The lowest BCUT2D eigenvalue weighted by Crippen LogP contribution is -2.41. The van der Waals surface area contributed by atoms with Crippen LogP contribution in [0.15, 0.2) is 30.3 Å². The molecule has 1 aromatic carbocycles. The highest BCUT2D eigenvalue weighted by atomic mass is 16.1. The number of hydrogen-bond acceptors (Lipinski definition) is 5. The highest BCUT2D eigenvalue weighted by molar-refractivity contribution is 5.82. The van der Waals surface area contributed by atoms with E-state index in [1.165, 1.54) is 0 Å². The maximum Gasteiger partial charge on any atom is 0.157 e. The van der Waals surface area contributed by atoms with Gasteiger partial charge in [0.25, 0.3) is 0 Å². The van der Waals surface area contributed by atoms with Crippen LogP contribution in [0.25, 0.3) is 0 Å². The molecule has 0 aromatic heterocycles. The summed E-state index contributed by atoms with van der Waals surface area (Å²) in [5.41, 5.74) is 0.735. The van der Waals surface area contributed by atoms with Crippen LogP contribution < -0.4 is 10.2 Å². The fraction of sp³-hybridized carbons (Fsp3) is 0.250. The molecule has 2 rings (SSSR count). The van der Waals surface area contributed by atoms with Crippen LogP contribution in [0.2, 0.25) is 0 Å². The SMILES string of the molecule is O=CC1NC(C=O)N(c2ccccc2)C1C=O. The number of para-hydroxylation sites is 1. The minimum atomic E-state index is -0.650. The third kappa shape index (κ3) is 1.97. The topological polar surface area (TPSA) is 66.5 Å². The number of carbonyl (C=O) groups excluding carboxylic acids is 3. The minimum absolute atomic E-state index is 0.648. The van der Waals surface area contributed by atoms with Crippen LogP contribution in [0.1, 0.15) is 0 Å². The van der Waals surface area contributed by atoms with Crippen LogP contribution in [-0.4, -0.2) is 37.1 Å². The normalized spacial score (nSPS) is 27.8. The molecule has 88 valence electrons. The van der Waals surface area contributed by atoms with Crippen molar-refractivity contribution in [3.05, 3.63) is 30.3 Å². The van der Waals surface area contributed by atoms with Gasteiger partial charge >= 0.3 is 0 Å². The van der Waals surface area contributed by atoms with Crippen LogP contribution in [0.4, 0.5) is 5.69 Å². The third-order valence-corrected chi connectivity index (χ3v) is 2.82. The van der Waals surface area contributed by atoms with Crippen molar-refractivity contribution in [3.63, 3.8) is 0 Å². The maximum absolute atomic E-state index is 11.1. The second-order valence-electron chi connectivity index (χ2n) is 3.78. The van der Waals surface area contributed by atoms with Crippen molar-refractivity contribution < 1.29 is 14.4 Å². The molecular formula is C12H12N2O3. The van der Waals surface area contributed by atoms with E-state index in [2.05, 4.69) is 5.32 Å². The van der Waals surface area contributed by atoms with Gasteiger partial charge in [-0.25, -0.2) is 0 Å². The number of hydrogen-bond donors (Lipinski definition) is 1. The van der Waals surface area contributed by atoms with E-state index in [0.29, 0.717) is 18.9 Å². The molecule has 3 unspecified atom stereocenters. The molecule has 1 saturated heterocycles. The molecule has 5 nitrogen and oxygen atoms in total. The van der Waals surface area contributed by atoms with Crippen molar-refractivity contribution in [3.8, 4) is 0 Å². The zero-order valence-electron chi connectivity index (χ0n) is 9.02. The molecule has 3 atom stereocenters. The maximum atomic E-state index is 11.1. The Labute approximate surface area is 98.4 Å². The van der Waals surface area contributed by atoms with Crippen LogP contribution in [0.5, 0.6) is 0 Å². The Kier molecular flexibility index (Phi) is 3.30. The van der Waals surface area contributed by atoms with Gasteiger partial charge in [-0.1, -0.05) is 18.2 Å². The van der Waals surface area contributed by atoms with E-state index in [1.54, 1.807) is 17.0 Å². The average Bonchev–Trinajstić information content (AvgIpc) is 2.77. The van der Waals surface area contributed by atoms with E-state index >= 15 is 0 Å². The standard InChI is InChI=1S/C12H12N2O3/c15-6-10-11(7-16)14(12(8-17)13-10)9-4-2-1-3-5-9/h1-8,10-13H. The molecule has 1 aliphatic heterocycles. The summed E-state index contributed by atoms with van der Waals surface area (Å²) in [6.07, 6.45) is 1.37. The first-order chi connectivity index (χ1) is 8.31. The molecule has 1 aliphatic rings. The number of rotatable bonds is 4. The van der Waals surface area contributed by atoms with Gasteiger partial charge in [0.15, 0.2) is 6.29 Å². The summed E-state index contributed by atoms with van der Waals surface area (Å²) < 4.78 is 0. The largest absolute Gasteiger partial charge is 0.338 e. The fourth-order valence-corrected chi connectivity index (χ4v) is 2.04.